The number of nitrogens with zero attached hydrogens (tertiary/aromatic N) is 1. The first-order valence-electron chi connectivity index (χ1n) is 12.3. The SMILES string of the molecule is COc1ccc(S(=O)(=O)N2CCCCC2)cc1C(=O)Nc1ccccc1C(=O)NC1CCCCC1. The van der Waals surface area contributed by atoms with Gasteiger partial charge in [-0.2, -0.15) is 4.31 Å². The number of sulfonamides is 1. The summed E-state index contributed by atoms with van der Waals surface area (Å²) in [6, 6.07) is 11.3. The molecule has 188 valence electrons. The maximum atomic E-state index is 13.3. The van der Waals surface area contributed by atoms with E-state index in [0.29, 0.717) is 24.3 Å². The molecular weight excluding hydrogens is 466 g/mol. The minimum Gasteiger partial charge on any atom is -0.496 e. The van der Waals surface area contributed by atoms with Crippen molar-refractivity contribution in [3.05, 3.63) is 53.6 Å². The Kier molecular flexibility index (Phi) is 8.07. The molecule has 2 aliphatic rings. The first-order chi connectivity index (χ1) is 16.9. The highest BCUT2D eigenvalue weighted by Crippen LogP contribution is 2.28. The highest BCUT2D eigenvalue weighted by atomic mass is 32.2. The van der Waals surface area contributed by atoms with Crippen molar-refractivity contribution >= 4 is 27.5 Å². The second-order valence-corrected chi connectivity index (χ2v) is 11.1. The molecule has 35 heavy (non-hydrogen) atoms. The molecule has 1 aliphatic carbocycles. The van der Waals surface area contributed by atoms with Gasteiger partial charge < -0.3 is 15.4 Å². The van der Waals surface area contributed by atoms with Crippen molar-refractivity contribution in [2.24, 2.45) is 0 Å². The van der Waals surface area contributed by atoms with E-state index in [1.807, 2.05) is 0 Å². The Morgan fingerprint density at radius 2 is 1.57 bits per heavy atom. The van der Waals surface area contributed by atoms with Gasteiger partial charge in [0.1, 0.15) is 5.75 Å². The third-order valence-electron chi connectivity index (χ3n) is 6.73. The zero-order valence-corrected chi connectivity index (χ0v) is 20.9. The zero-order valence-electron chi connectivity index (χ0n) is 20.1. The van der Waals surface area contributed by atoms with Gasteiger partial charge in [-0.15, -0.1) is 0 Å². The fourth-order valence-corrected chi connectivity index (χ4v) is 6.31. The van der Waals surface area contributed by atoms with Crippen LogP contribution in [0.4, 0.5) is 5.69 Å². The fraction of sp³-hybridized carbons (Fsp3) is 0.462. The van der Waals surface area contributed by atoms with Crippen LogP contribution in [-0.2, 0) is 10.0 Å². The number of amides is 2. The minimum absolute atomic E-state index is 0.0497. The lowest BCUT2D eigenvalue weighted by molar-refractivity contribution is 0.0928. The Morgan fingerprint density at radius 3 is 2.29 bits per heavy atom. The summed E-state index contributed by atoms with van der Waals surface area (Å²) >= 11 is 0. The first-order valence-corrected chi connectivity index (χ1v) is 13.7. The summed E-state index contributed by atoms with van der Waals surface area (Å²) in [7, 11) is -2.29. The second-order valence-electron chi connectivity index (χ2n) is 9.13. The van der Waals surface area contributed by atoms with Crippen molar-refractivity contribution in [3.63, 3.8) is 0 Å². The summed E-state index contributed by atoms with van der Waals surface area (Å²) < 4.78 is 33.1. The normalized spacial score (nSPS) is 17.5. The average Bonchev–Trinajstić information content (AvgIpc) is 2.89. The number of nitrogens with one attached hydrogen (secondary N) is 2. The molecule has 1 saturated carbocycles. The van der Waals surface area contributed by atoms with Crippen molar-refractivity contribution in [3.8, 4) is 5.75 Å². The molecule has 2 N–H and O–H groups in total. The Balaban J connectivity index is 1.57. The van der Waals surface area contributed by atoms with Crippen molar-refractivity contribution in [1.29, 1.82) is 0 Å². The molecule has 2 aromatic rings. The molecule has 8 nitrogen and oxygen atoms in total. The number of methoxy groups -OCH3 is 1. The van der Waals surface area contributed by atoms with Gasteiger partial charge in [0.25, 0.3) is 11.8 Å². The number of benzene rings is 2. The third-order valence-corrected chi connectivity index (χ3v) is 8.62. The van der Waals surface area contributed by atoms with Gasteiger partial charge in [-0.1, -0.05) is 37.8 Å². The monoisotopic (exact) mass is 499 g/mol. The number of rotatable bonds is 7. The van der Waals surface area contributed by atoms with E-state index in [1.54, 1.807) is 24.3 Å². The Hall–Kier alpha value is -2.91. The summed E-state index contributed by atoms with van der Waals surface area (Å²) in [6.45, 7) is 0.943. The molecule has 0 bridgehead atoms. The lowest BCUT2D eigenvalue weighted by Gasteiger charge is -2.26. The molecule has 1 saturated heterocycles. The summed E-state index contributed by atoms with van der Waals surface area (Å²) in [4.78, 5) is 26.3. The topological polar surface area (TPSA) is 105 Å². The molecule has 9 heteroatoms. The van der Waals surface area contributed by atoms with Gasteiger partial charge in [0.05, 0.1) is 28.8 Å². The van der Waals surface area contributed by atoms with Crippen molar-refractivity contribution in [2.75, 3.05) is 25.5 Å². The number of ether oxygens (including phenoxy) is 1. The van der Waals surface area contributed by atoms with Gasteiger partial charge in [0.15, 0.2) is 0 Å². The van der Waals surface area contributed by atoms with E-state index in [1.165, 1.54) is 36.0 Å². The molecule has 1 heterocycles. The predicted molar refractivity (Wildman–Crippen MR) is 134 cm³/mol. The largest absolute Gasteiger partial charge is 0.496 e. The van der Waals surface area contributed by atoms with Crippen molar-refractivity contribution in [1.82, 2.24) is 9.62 Å². The second kappa shape index (κ2) is 11.2. The number of carbonyl (C=O) groups excluding carboxylic acids is 2. The van der Waals surface area contributed by atoms with E-state index in [0.717, 1.165) is 44.9 Å². The summed E-state index contributed by atoms with van der Waals surface area (Å²) in [5.41, 5.74) is 0.813. The molecule has 2 amide bonds. The molecule has 0 radical (unpaired) electrons. The van der Waals surface area contributed by atoms with Gasteiger partial charge in [-0.05, 0) is 56.0 Å². The smallest absolute Gasteiger partial charge is 0.259 e. The Morgan fingerprint density at radius 1 is 0.886 bits per heavy atom. The zero-order chi connectivity index (χ0) is 24.8. The van der Waals surface area contributed by atoms with Crippen LogP contribution in [0.5, 0.6) is 5.75 Å². The highest BCUT2D eigenvalue weighted by molar-refractivity contribution is 7.89. The van der Waals surface area contributed by atoms with Gasteiger partial charge in [-0.3, -0.25) is 9.59 Å². The van der Waals surface area contributed by atoms with E-state index < -0.39 is 15.9 Å². The first kappa shape index (κ1) is 25.2. The summed E-state index contributed by atoms with van der Waals surface area (Å²) in [5, 5.41) is 5.87. The summed E-state index contributed by atoms with van der Waals surface area (Å²) in [6.07, 6.45) is 7.94. The molecule has 1 aliphatic heterocycles. The van der Waals surface area contributed by atoms with Crippen molar-refractivity contribution < 1.29 is 22.7 Å². The van der Waals surface area contributed by atoms with Crippen molar-refractivity contribution in [2.45, 2.75) is 62.3 Å². The number of anilines is 1. The van der Waals surface area contributed by atoms with E-state index >= 15 is 0 Å². The van der Waals surface area contributed by atoms with Gasteiger partial charge in [0.2, 0.25) is 10.0 Å². The van der Waals surface area contributed by atoms with Crippen LogP contribution in [0.2, 0.25) is 0 Å². The summed E-state index contributed by atoms with van der Waals surface area (Å²) in [5.74, 6) is -0.527. The lowest BCUT2D eigenvalue weighted by Crippen LogP contribution is -2.36. The third kappa shape index (κ3) is 5.85. The quantitative estimate of drug-likeness (QED) is 0.595. The van der Waals surface area contributed by atoms with E-state index in [2.05, 4.69) is 10.6 Å². The number of piperidine rings is 1. The Labute approximate surface area is 207 Å². The number of carbonyl (C=O) groups is 2. The maximum absolute atomic E-state index is 13.3. The van der Waals surface area contributed by atoms with Crippen LogP contribution in [0.15, 0.2) is 47.4 Å². The maximum Gasteiger partial charge on any atom is 0.259 e. The van der Waals surface area contributed by atoms with Crippen LogP contribution in [0, 0.1) is 0 Å². The Bertz CT molecular complexity index is 1170. The molecule has 0 spiro atoms. The fourth-order valence-electron chi connectivity index (χ4n) is 4.77. The molecule has 2 aromatic carbocycles. The average molecular weight is 500 g/mol. The molecule has 0 unspecified atom stereocenters. The van der Waals surface area contributed by atoms with Gasteiger partial charge >= 0.3 is 0 Å². The standard InChI is InChI=1S/C26H33N3O5S/c1-34-24-15-14-20(35(32,33)29-16-8-3-9-17-29)18-22(24)26(31)28-23-13-7-6-12-21(23)25(30)27-19-10-4-2-5-11-19/h6-7,12-15,18-19H,2-5,8-11,16-17H2,1H3,(H,27,30)(H,28,31). The lowest BCUT2D eigenvalue weighted by atomic mass is 9.95. The van der Waals surface area contributed by atoms with Crippen LogP contribution in [-0.4, -0.2) is 50.8 Å². The van der Waals surface area contributed by atoms with Gasteiger partial charge in [0, 0.05) is 19.1 Å². The van der Waals surface area contributed by atoms with Crippen LogP contribution in [0.1, 0.15) is 72.1 Å². The van der Waals surface area contributed by atoms with Crippen LogP contribution in [0.25, 0.3) is 0 Å². The number of hydrogen-bond donors (Lipinski definition) is 2. The van der Waals surface area contributed by atoms with Crippen LogP contribution < -0.4 is 15.4 Å². The van der Waals surface area contributed by atoms with Crippen LogP contribution >= 0.6 is 0 Å². The molecule has 2 fully saturated rings. The molecule has 0 atom stereocenters. The number of para-hydroxylation sites is 1. The van der Waals surface area contributed by atoms with Gasteiger partial charge in [-0.25, -0.2) is 8.42 Å². The van der Waals surface area contributed by atoms with E-state index in [4.69, 9.17) is 4.74 Å². The highest BCUT2D eigenvalue weighted by Gasteiger charge is 2.28. The number of hydrogen-bond acceptors (Lipinski definition) is 5. The van der Waals surface area contributed by atoms with E-state index in [9.17, 15) is 18.0 Å². The van der Waals surface area contributed by atoms with E-state index in [-0.39, 0.29) is 28.2 Å². The molecule has 0 aromatic heterocycles. The van der Waals surface area contributed by atoms with Crippen LogP contribution in [0.3, 0.4) is 0 Å². The molecular formula is C26H33N3O5S. The minimum atomic E-state index is -3.72. The molecule has 4 rings (SSSR count). The predicted octanol–water partition coefficient (Wildman–Crippen LogP) is 4.18.